The van der Waals surface area contributed by atoms with Crippen LogP contribution in [0.25, 0.3) is 0 Å². The number of amides is 1. The lowest BCUT2D eigenvalue weighted by Gasteiger charge is -2.35. The summed E-state index contributed by atoms with van der Waals surface area (Å²) >= 11 is 0. The minimum atomic E-state index is -0.0230. The zero-order chi connectivity index (χ0) is 19.8. The molecule has 1 aliphatic rings. The molecule has 1 amide bonds. The second-order valence-corrected chi connectivity index (χ2v) is 7.56. The van der Waals surface area contributed by atoms with Crippen molar-refractivity contribution >= 4 is 11.7 Å². The van der Waals surface area contributed by atoms with Gasteiger partial charge in [-0.05, 0) is 44.8 Å². The van der Waals surface area contributed by atoms with Gasteiger partial charge < -0.3 is 15.1 Å². The van der Waals surface area contributed by atoms with Crippen LogP contribution in [-0.2, 0) is 6.54 Å². The normalized spacial score (nSPS) is 15.0. The van der Waals surface area contributed by atoms with E-state index in [1.165, 1.54) is 5.56 Å². The number of hydrogen-bond acceptors (Lipinski definition) is 5. The van der Waals surface area contributed by atoms with E-state index in [0.29, 0.717) is 12.1 Å². The molecule has 1 aromatic heterocycles. The minimum absolute atomic E-state index is 0.0230. The Morgan fingerprint density at radius 2 is 1.86 bits per heavy atom. The van der Waals surface area contributed by atoms with Gasteiger partial charge in [0.05, 0.1) is 0 Å². The van der Waals surface area contributed by atoms with Crippen molar-refractivity contribution in [3.05, 3.63) is 59.8 Å². The maximum atomic E-state index is 12.4. The highest BCUT2D eigenvalue weighted by Gasteiger charge is 2.19. The fourth-order valence-electron chi connectivity index (χ4n) is 3.41. The highest BCUT2D eigenvalue weighted by molar-refractivity contribution is 5.94. The summed E-state index contributed by atoms with van der Waals surface area (Å²) in [7, 11) is 4.08. The molecular weight excluding hydrogens is 350 g/mol. The van der Waals surface area contributed by atoms with Gasteiger partial charge in [-0.1, -0.05) is 30.3 Å². The first kappa shape index (κ1) is 20.3. The Bertz CT molecular complexity index is 742. The van der Waals surface area contributed by atoms with Gasteiger partial charge >= 0.3 is 0 Å². The largest absolute Gasteiger partial charge is 0.354 e. The SMILES string of the molecule is CN(C)CCCNC(=O)c1ccnc(N2CCN(Cc3ccccc3)CC2)c1. The first-order valence-electron chi connectivity index (χ1n) is 10.0. The average molecular weight is 382 g/mol. The van der Waals surface area contributed by atoms with Crippen LogP contribution in [-0.4, -0.2) is 74.1 Å². The molecule has 150 valence electrons. The standard InChI is InChI=1S/C22H31N5O/c1-25(2)12-6-10-24-22(28)20-9-11-23-21(17-20)27-15-13-26(14-16-27)18-19-7-4-3-5-8-19/h3-5,7-9,11,17H,6,10,12-16,18H2,1-2H3,(H,24,28). The second kappa shape index (κ2) is 10.2. The molecule has 2 heterocycles. The summed E-state index contributed by atoms with van der Waals surface area (Å²) in [5, 5.41) is 3.00. The predicted octanol–water partition coefficient (Wildman–Crippen LogP) is 2.09. The number of benzene rings is 1. The molecule has 28 heavy (non-hydrogen) atoms. The van der Waals surface area contributed by atoms with Crippen LogP contribution in [0.4, 0.5) is 5.82 Å². The van der Waals surface area contributed by atoms with Gasteiger partial charge in [0.1, 0.15) is 5.82 Å². The van der Waals surface area contributed by atoms with Crippen molar-refractivity contribution < 1.29 is 4.79 Å². The average Bonchev–Trinajstić information content (AvgIpc) is 2.72. The van der Waals surface area contributed by atoms with Crippen molar-refractivity contribution in [2.24, 2.45) is 0 Å². The Hall–Kier alpha value is -2.44. The quantitative estimate of drug-likeness (QED) is 0.710. The van der Waals surface area contributed by atoms with E-state index in [4.69, 9.17) is 0 Å². The highest BCUT2D eigenvalue weighted by atomic mass is 16.1. The lowest BCUT2D eigenvalue weighted by molar-refractivity contribution is 0.0952. The third kappa shape index (κ3) is 6.04. The number of nitrogens with one attached hydrogen (secondary N) is 1. The number of carbonyl (C=O) groups excluding carboxylic acids is 1. The number of pyridine rings is 1. The first-order chi connectivity index (χ1) is 13.6. The zero-order valence-corrected chi connectivity index (χ0v) is 17.0. The minimum Gasteiger partial charge on any atom is -0.354 e. The Balaban J connectivity index is 1.49. The van der Waals surface area contributed by atoms with E-state index in [1.54, 1.807) is 12.3 Å². The molecule has 0 bridgehead atoms. The van der Waals surface area contributed by atoms with Crippen molar-refractivity contribution in [2.75, 3.05) is 58.3 Å². The molecule has 0 saturated carbocycles. The van der Waals surface area contributed by atoms with Crippen LogP contribution in [0.15, 0.2) is 48.7 Å². The Morgan fingerprint density at radius 3 is 2.57 bits per heavy atom. The van der Waals surface area contributed by atoms with Crippen LogP contribution in [0.5, 0.6) is 0 Å². The maximum Gasteiger partial charge on any atom is 0.251 e. The van der Waals surface area contributed by atoms with Crippen LogP contribution in [0.2, 0.25) is 0 Å². The topological polar surface area (TPSA) is 51.7 Å². The fourth-order valence-corrected chi connectivity index (χ4v) is 3.41. The predicted molar refractivity (Wildman–Crippen MR) is 114 cm³/mol. The molecule has 1 saturated heterocycles. The summed E-state index contributed by atoms with van der Waals surface area (Å²) in [5.74, 6) is 0.866. The van der Waals surface area contributed by atoms with Crippen molar-refractivity contribution in [1.29, 1.82) is 0 Å². The smallest absolute Gasteiger partial charge is 0.251 e. The van der Waals surface area contributed by atoms with E-state index in [2.05, 4.69) is 55.3 Å². The Labute approximate surface area is 168 Å². The van der Waals surface area contributed by atoms with Gasteiger partial charge in [0.15, 0.2) is 0 Å². The molecule has 1 N–H and O–H groups in total. The Kier molecular flexibility index (Phi) is 7.39. The molecule has 0 unspecified atom stereocenters. The molecule has 0 radical (unpaired) electrons. The summed E-state index contributed by atoms with van der Waals surface area (Å²) in [5.41, 5.74) is 2.03. The van der Waals surface area contributed by atoms with Crippen molar-refractivity contribution in [3.8, 4) is 0 Å². The summed E-state index contributed by atoms with van der Waals surface area (Å²) in [6, 6.07) is 14.3. The summed E-state index contributed by atoms with van der Waals surface area (Å²) in [4.78, 5) is 23.7. The monoisotopic (exact) mass is 381 g/mol. The molecular formula is C22H31N5O. The summed E-state index contributed by atoms with van der Waals surface area (Å²) < 4.78 is 0. The van der Waals surface area contributed by atoms with E-state index in [9.17, 15) is 4.79 Å². The lowest BCUT2D eigenvalue weighted by Crippen LogP contribution is -2.46. The van der Waals surface area contributed by atoms with Crippen molar-refractivity contribution in [3.63, 3.8) is 0 Å². The zero-order valence-electron chi connectivity index (χ0n) is 17.0. The molecule has 6 nitrogen and oxygen atoms in total. The van der Waals surface area contributed by atoms with Crippen LogP contribution in [0.1, 0.15) is 22.3 Å². The molecule has 2 aromatic rings. The van der Waals surface area contributed by atoms with Crippen LogP contribution in [0, 0.1) is 0 Å². The highest BCUT2D eigenvalue weighted by Crippen LogP contribution is 2.16. The van der Waals surface area contributed by atoms with Gasteiger partial charge in [0, 0.05) is 51.0 Å². The number of nitrogens with zero attached hydrogens (tertiary/aromatic N) is 4. The summed E-state index contributed by atoms with van der Waals surface area (Å²) in [6.45, 7) is 6.48. The van der Waals surface area contributed by atoms with Gasteiger partial charge in [-0.3, -0.25) is 9.69 Å². The fraction of sp³-hybridized carbons (Fsp3) is 0.455. The van der Waals surface area contributed by atoms with E-state index >= 15 is 0 Å². The number of rotatable bonds is 8. The maximum absolute atomic E-state index is 12.4. The van der Waals surface area contributed by atoms with Crippen LogP contribution >= 0.6 is 0 Å². The van der Waals surface area contributed by atoms with Crippen LogP contribution in [0.3, 0.4) is 0 Å². The number of carbonyl (C=O) groups is 1. The van der Waals surface area contributed by atoms with Crippen molar-refractivity contribution in [1.82, 2.24) is 20.1 Å². The van der Waals surface area contributed by atoms with Gasteiger partial charge in [0.2, 0.25) is 0 Å². The number of anilines is 1. The first-order valence-corrected chi connectivity index (χ1v) is 10.0. The number of aromatic nitrogens is 1. The Morgan fingerprint density at radius 1 is 1.11 bits per heavy atom. The number of piperazine rings is 1. The van der Waals surface area contributed by atoms with Crippen LogP contribution < -0.4 is 10.2 Å². The second-order valence-electron chi connectivity index (χ2n) is 7.56. The lowest BCUT2D eigenvalue weighted by atomic mass is 10.2. The summed E-state index contributed by atoms with van der Waals surface area (Å²) in [6.07, 6.45) is 2.68. The van der Waals surface area contributed by atoms with Crippen molar-refractivity contribution in [2.45, 2.75) is 13.0 Å². The van der Waals surface area contributed by atoms with E-state index < -0.39 is 0 Å². The van der Waals surface area contributed by atoms with Gasteiger partial charge in [-0.25, -0.2) is 4.98 Å². The molecule has 3 rings (SSSR count). The molecule has 1 fully saturated rings. The van der Waals surface area contributed by atoms with E-state index in [1.807, 2.05) is 20.2 Å². The third-order valence-corrected chi connectivity index (χ3v) is 5.02. The molecule has 0 atom stereocenters. The molecule has 6 heteroatoms. The third-order valence-electron chi connectivity index (χ3n) is 5.02. The van der Waals surface area contributed by atoms with Gasteiger partial charge in [-0.2, -0.15) is 0 Å². The van der Waals surface area contributed by atoms with E-state index in [-0.39, 0.29) is 5.91 Å². The van der Waals surface area contributed by atoms with Gasteiger partial charge in [0.25, 0.3) is 5.91 Å². The molecule has 0 aliphatic carbocycles. The molecule has 1 aromatic carbocycles. The number of hydrogen-bond donors (Lipinski definition) is 1. The molecule has 0 spiro atoms. The van der Waals surface area contributed by atoms with Gasteiger partial charge in [-0.15, -0.1) is 0 Å². The van der Waals surface area contributed by atoms with E-state index in [0.717, 1.165) is 51.5 Å². The molecule has 1 aliphatic heterocycles.